The smallest absolute Gasteiger partial charge is 0.244 e. The molecule has 1 amide bonds. The van der Waals surface area contributed by atoms with Gasteiger partial charge in [-0.15, -0.1) is 0 Å². The highest BCUT2D eigenvalue weighted by molar-refractivity contribution is 7.92. The van der Waals surface area contributed by atoms with Gasteiger partial charge in [0.15, 0.2) is 0 Å². The molecule has 6 nitrogen and oxygen atoms in total. The average molecular weight is 394 g/mol. The zero-order valence-corrected chi connectivity index (χ0v) is 16.3. The third-order valence-corrected chi connectivity index (χ3v) is 5.22. The van der Waals surface area contributed by atoms with E-state index in [4.69, 9.17) is 4.74 Å². The molecule has 1 atom stereocenters. The van der Waals surface area contributed by atoms with Crippen molar-refractivity contribution in [2.45, 2.75) is 25.9 Å². The summed E-state index contributed by atoms with van der Waals surface area (Å²) in [5.41, 5.74) is 1.09. The highest BCUT2D eigenvalue weighted by Gasteiger charge is 2.31. The fourth-order valence-corrected chi connectivity index (χ4v) is 3.91. The molecule has 0 fully saturated rings. The minimum absolute atomic E-state index is 0.241. The highest BCUT2D eigenvalue weighted by atomic mass is 32.2. The van der Waals surface area contributed by atoms with Gasteiger partial charge >= 0.3 is 0 Å². The van der Waals surface area contributed by atoms with Gasteiger partial charge in [0, 0.05) is 6.54 Å². The minimum atomic E-state index is -3.75. The Bertz CT molecular complexity index is 868. The van der Waals surface area contributed by atoms with E-state index in [1.165, 1.54) is 12.1 Å². The first-order valence-electron chi connectivity index (χ1n) is 8.42. The number of halogens is 1. The third kappa shape index (κ3) is 5.43. The average Bonchev–Trinajstić information content (AvgIpc) is 2.64. The van der Waals surface area contributed by atoms with Crippen LogP contribution in [0.2, 0.25) is 0 Å². The van der Waals surface area contributed by atoms with Gasteiger partial charge in [0.05, 0.1) is 19.1 Å². The number of anilines is 1. The van der Waals surface area contributed by atoms with Crippen molar-refractivity contribution in [1.82, 2.24) is 5.32 Å². The molecule has 0 aromatic heterocycles. The summed E-state index contributed by atoms with van der Waals surface area (Å²) < 4.78 is 43.9. The van der Waals surface area contributed by atoms with Gasteiger partial charge in [-0.2, -0.15) is 0 Å². The molecular formula is C19H23FN2O4S. The fourth-order valence-electron chi connectivity index (χ4n) is 2.70. The van der Waals surface area contributed by atoms with Crippen LogP contribution < -0.4 is 14.4 Å². The van der Waals surface area contributed by atoms with Crippen LogP contribution in [0.5, 0.6) is 5.75 Å². The number of nitrogens with one attached hydrogen (secondary N) is 1. The first-order valence-corrected chi connectivity index (χ1v) is 10.3. The van der Waals surface area contributed by atoms with Crippen LogP contribution in [0.25, 0.3) is 0 Å². The molecule has 0 aliphatic rings. The van der Waals surface area contributed by atoms with Gasteiger partial charge < -0.3 is 10.1 Å². The molecule has 0 radical (unpaired) electrons. The Balaban J connectivity index is 2.19. The molecule has 2 aromatic rings. The predicted octanol–water partition coefficient (Wildman–Crippen LogP) is 2.70. The maximum absolute atomic E-state index is 13.2. The fraction of sp³-hybridized carbons (Fsp3) is 0.316. The van der Waals surface area contributed by atoms with E-state index < -0.39 is 27.8 Å². The molecule has 0 spiro atoms. The normalized spacial score (nSPS) is 12.3. The lowest BCUT2D eigenvalue weighted by atomic mass is 10.1. The SMILES string of the molecule is CC[C@@H](C(=O)NCc1ccc(OC)cc1)N(c1ccc(F)cc1)S(C)(=O)=O. The van der Waals surface area contributed by atoms with E-state index in [1.54, 1.807) is 26.2 Å². The summed E-state index contributed by atoms with van der Waals surface area (Å²) >= 11 is 0. The van der Waals surface area contributed by atoms with E-state index in [9.17, 15) is 17.6 Å². The molecule has 0 aliphatic heterocycles. The van der Waals surface area contributed by atoms with Crippen LogP contribution in [0.15, 0.2) is 48.5 Å². The summed E-state index contributed by atoms with van der Waals surface area (Å²) in [5.74, 6) is -0.205. The highest BCUT2D eigenvalue weighted by Crippen LogP contribution is 2.23. The summed E-state index contributed by atoms with van der Waals surface area (Å²) in [6.07, 6.45) is 1.29. The quantitative estimate of drug-likeness (QED) is 0.747. The Hall–Kier alpha value is -2.61. The topological polar surface area (TPSA) is 75.7 Å². The van der Waals surface area contributed by atoms with E-state index in [2.05, 4.69) is 5.32 Å². The molecule has 8 heteroatoms. The van der Waals surface area contributed by atoms with Gasteiger partial charge in [0.25, 0.3) is 0 Å². The summed E-state index contributed by atoms with van der Waals surface area (Å²) in [5, 5.41) is 2.76. The molecule has 27 heavy (non-hydrogen) atoms. The van der Waals surface area contributed by atoms with E-state index in [0.717, 1.165) is 28.3 Å². The van der Waals surface area contributed by atoms with Crippen LogP contribution in [0.4, 0.5) is 10.1 Å². The number of benzene rings is 2. The van der Waals surface area contributed by atoms with E-state index in [1.807, 2.05) is 12.1 Å². The van der Waals surface area contributed by atoms with Crippen molar-refractivity contribution in [2.75, 3.05) is 17.7 Å². The first-order chi connectivity index (χ1) is 12.8. The van der Waals surface area contributed by atoms with Crippen molar-refractivity contribution in [3.63, 3.8) is 0 Å². The monoisotopic (exact) mass is 394 g/mol. The maximum atomic E-state index is 13.2. The standard InChI is InChI=1S/C19H23FN2O4S/c1-4-18(19(23)21-13-14-5-11-17(26-2)12-6-14)22(27(3,24)25)16-9-7-15(20)8-10-16/h5-12,18H,4,13H2,1-3H3,(H,21,23)/t18-/m0/s1. The molecule has 2 rings (SSSR count). The Labute approximate surface area is 159 Å². The lowest BCUT2D eigenvalue weighted by Gasteiger charge is -2.30. The summed E-state index contributed by atoms with van der Waals surface area (Å²) in [6.45, 7) is 1.97. The molecule has 0 saturated heterocycles. The van der Waals surface area contributed by atoms with E-state index in [-0.39, 0.29) is 18.7 Å². The number of ether oxygens (including phenoxy) is 1. The summed E-state index contributed by atoms with van der Waals surface area (Å²) in [6, 6.07) is 11.3. The van der Waals surface area contributed by atoms with Gasteiger partial charge in [-0.3, -0.25) is 9.10 Å². The second kappa shape index (κ2) is 8.85. The Morgan fingerprint density at radius 2 is 1.74 bits per heavy atom. The number of amides is 1. The zero-order chi connectivity index (χ0) is 20.0. The van der Waals surface area contributed by atoms with Crippen LogP contribution in [0.1, 0.15) is 18.9 Å². The van der Waals surface area contributed by atoms with Crippen molar-refractivity contribution in [2.24, 2.45) is 0 Å². The van der Waals surface area contributed by atoms with Gasteiger partial charge in [-0.05, 0) is 48.4 Å². The number of carbonyl (C=O) groups is 1. The Morgan fingerprint density at radius 3 is 2.22 bits per heavy atom. The number of hydrogen-bond acceptors (Lipinski definition) is 4. The lowest BCUT2D eigenvalue weighted by Crippen LogP contribution is -2.49. The van der Waals surface area contributed by atoms with Crippen LogP contribution in [0.3, 0.4) is 0 Å². The molecular weight excluding hydrogens is 371 g/mol. The van der Waals surface area contributed by atoms with Crippen LogP contribution in [-0.4, -0.2) is 33.7 Å². The summed E-state index contributed by atoms with van der Waals surface area (Å²) in [4.78, 5) is 12.7. The number of rotatable bonds is 8. The predicted molar refractivity (Wildman–Crippen MR) is 103 cm³/mol. The second-order valence-corrected chi connectivity index (χ2v) is 7.88. The molecule has 0 aliphatic carbocycles. The maximum Gasteiger partial charge on any atom is 0.244 e. The molecule has 0 heterocycles. The van der Waals surface area contributed by atoms with Crippen molar-refractivity contribution in [1.29, 1.82) is 0 Å². The van der Waals surface area contributed by atoms with E-state index in [0.29, 0.717) is 5.75 Å². The van der Waals surface area contributed by atoms with Gasteiger partial charge in [0.2, 0.25) is 15.9 Å². The number of methoxy groups -OCH3 is 1. The number of carbonyl (C=O) groups excluding carboxylic acids is 1. The first kappa shape index (κ1) is 20.7. The van der Waals surface area contributed by atoms with Gasteiger partial charge in [0.1, 0.15) is 17.6 Å². The van der Waals surface area contributed by atoms with Crippen LogP contribution in [0, 0.1) is 5.82 Å². The molecule has 0 unspecified atom stereocenters. The molecule has 1 N–H and O–H groups in total. The van der Waals surface area contributed by atoms with Crippen molar-refractivity contribution in [3.05, 3.63) is 59.9 Å². The molecule has 2 aromatic carbocycles. The summed E-state index contributed by atoms with van der Waals surface area (Å²) in [7, 11) is -2.18. The van der Waals surface area contributed by atoms with Crippen LogP contribution >= 0.6 is 0 Å². The van der Waals surface area contributed by atoms with Gasteiger partial charge in [-0.1, -0.05) is 19.1 Å². The lowest BCUT2D eigenvalue weighted by molar-refractivity contribution is -0.122. The minimum Gasteiger partial charge on any atom is -0.497 e. The number of nitrogens with zero attached hydrogens (tertiary/aromatic N) is 1. The second-order valence-electron chi connectivity index (χ2n) is 6.03. The van der Waals surface area contributed by atoms with E-state index >= 15 is 0 Å². The number of hydrogen-bond donors (Lipinski definition) is 1. The number of sulfonamides is 1. The van der Waals surface area contributed by atoms with Crippen molar-refractivity contribution < 1.29 is 22.3 Å². The van der Waals surface area contributed by atoms with Crippen molar-refractivity contribution in [3.8, 4) is 5.75 Å². The molecule has 0 bridgehead atoms. The largest absolute Gasteiger partial charge is 0.497 e. The zero-order valence-electron chi connectivity index (χ0n) is 15.5. The van der Waals surface area contributed by atoms with Crippen molar-refractivity contribution >= 4 is 21.6 Å². The van der Waals surface area contributed by atoms with Crippen LogP contribution in [-0.2, 0) is 21.4 Å². The van der Waals surface area contributed by atoms with Gasteiger partial charge in [-0.25, -0.2) is 12.8 Å². The molecule has 0 saturated carbocycles. The Morgan fingerprint density at radius 1 is 1.15 bits per heavy atom. The Kier molecular flexibility index (Phi) is 6.79. The third-order valence-electron chi connectivity index (χ3n) is 4.04. The molecule has 146 valence electrons.